The Labute approximate surface area is 423 Å². The number of unbranched alkanes of at least 4 members (excludes halogenated alkanes) is 2. The number of carbonyl (C=O) groups is 6. The first-order chi connectivity index (χ1) is 34.2. The zero-order valence-electron chi connectivity index (χ0n) is 41.6. The molecule has 386 valence electrons. The number of nitrogens with one attached hydrogen (secondary N) is 4. The fraction of sp³-hybridized carbons (Fsp3) is 0.491. The number of nitrogens with zero attached hydrogens (tertiary/aromatic N) is 3. The molecule has 0 saturated carbocycles. The number of amides is 6. The number of halogens is 2. The molecule has 16 nitrogen and oxygen atoms in total. The van der Waals surface area contributed by atoms with Crippen molar-refractivity contribution in [3.8, 4) is 10.4 Å². The van der Waals surface area contributed by atoms with Crippen molar-refractivity contribution in [2.45, 2.75) is 148 Å². The lowest BCUT2D eigenvalue weighted by atomic mass is 9.85. The molecule has 1 fully saturated rings. The van der Waals surface area contributed by atoms with Crippen LogP contribution in [0.1, 0.15) is 113 Å². The number of β-amino-alcohol motifs (C(OH)–C–C–N with tert-alkyl or cyclic N) is 1. The number of thiazole rings is 1. The molecule has 19 heteroatoms. The van der Waals surface area contributed by atoms with E-state index < -0.39 is 88.9 Å². The molecule has 3 aromatic carbocycles. The molecular weight excluding hydrogens is 945 g/mol. The van der Waals surface area contributed by atoms with Crippen molar-refractivity contribution in [1.82, 2.24) is 25.8 Å². The molecule has 6 amide bonds. The van der Waals surface area contributed by atoms with Gasteiger partial charge in [-0.1, -0.05) is 69.7 Å². The molecule has 0 bridgehead atoms. The van der Waals surface area contributed by atoms with Crippen LogP contribution in [0.4, 0.5) is 20.2 Å². The third-order valence-corrected chi connectivity index (χ3v) is 14.9. The van der Waals surface area contributed by atoms with Crippen molar-refractivity contribution in [2.24, 2.45) is 16.9 Å². The summed E-state index contributed by atoms with van der Waals surface area (Å²) in [4.78, 5) is 88.6. The fourth-order valence-electron chi connectivity index (χ4n) is 9.91. The van der Waals surface area contributed by atoms with E-state index in [1.54, 1.807) is 37.6 Å². The van der Waals surface area contributed by atoms with Crippen LogP contribution in [-0.4, -0.2) is 99.8 Å². The number of aliphatic hydroxyl groups is 1. The van der Waals surface area contributed by atoms with Crippen LogP contribution in [0.3, 0.4) is 0 Å². The Kier molecular flexibility index (Phi) is 17.1. The number of nitrogens with two attached hydrogens (primary N) is 2. The largest absolute Gasteiger partial charge is 0.391 e. The van der Waals surface area contributed by atoms with E-state index in [9.17, 15) is 33.9 Å². The maximum atomic E-state index is 16.0. The van der Waals surface area contributed by atoms with Crippen LogP contribution in [0.5, 0.6) is 0 Å². The van der Waals surface area contributed by atoms with Crippen LogP contribution in [-0.2, 0) is 48.0 Å². The highest BCUT2D eigenvalue weighted by atomic mass is 32.1. The van der Waals surface area contributed by atoms with Gasteiger partial charge in [0, 0.05) is 50.4 Å². The maximum absolute atomic E-state index is 16.0. The molecule has 9 N–H and O–H groups in total. The average Bonchev–Trinajstić information content (AvgIpc) is 4.05. The maximum Gasteiger partial charge on any atom is 0.246 e. The van der Waals surface area contributed by atoms with Crippen molar-refractivity contribution in [3.05, 3.63) is 99.7 Å². The molecule has 1 aromatic heterocycles. The Bertz CT molecular complexity index is 2660. The van der Waals surface area contributed by atoms with E-state index in [1.165, 1.54) is 15.9 Å². The third kappa shape index (κ3) is 12.5. The van der Waals surface area contributed by atoms with E-state index in [0.717, 1.165) is 38.9 Å². The molecule has 0 spiro atoms. The summed E-state index contributed by atoms with van der Waals surface area (Å²) in [6.45, 7) is 9.11. The molecule has 7 atom stereocenters. The van der Waals surface area contributed by atoms with Crippen molar-refractivity contribution in [2.75, 3.05) is 23.3 Å². The van der Waals surface area contributed by atoms with E-state index in [2.05, 4.69) is 26.3 Å². The highest BCUT2D eigenvalue weighted by Crippen LogP contribution is 2.39. The monoisotopic (exact) mass is 1010 g/mol. The lowest BCUT2D eigenvalue weighted by molar-refractivity contribution is -0.144. The van der Waals surface area contributed by atoms with Crippen molar-refractivity contribution >= 4 is 58.2 Å². The van der Waals surface area contributed by atoms with Gasteiger partial charge in [0.2, 0.25) is 35.4 Å². The van der Waals surface area contributed by atoms with Gasteiger partial charge in [0.15, 0.2) is 5.82 Å². The summed E-state index contributed by atoms with van der Waals surface area (Å²) in [5.74, 6) is -4.26. The molecular formula is C53H67F2N9O7S. The Balaban J connectivity index is 0.902. The predicted octanol–water partition coefficient (Wildman–Crippen LogP) is 5.26. The Hall–Kier alpha value is -6.31. The second-order valence-electron chi connectivity index (χ2n) is 20.4. The number of aryl methyl sites for hydroxylation is 2. The van der Waals surface area contributed by atoms with E-state index in [4.69, 9.17) is 11.5 Å². The smallest absolute Gasteiger partial charge is 0.246 e. The number of para-hydroxylation sites is 1. The Morgan fingerprint density at radius 2 is 1.65 bits per heavy atom. The number of aliphatic hydroxyl groups excluding tert-OH is 1. The van der Waals surface area contributed by atoms with E-state index in [0.29, 0.717) is 37.8 Å². The number of rotatable bonds is 20. The zero-order valence-corrected chi connectivity index (χ0v) is 42.4. The second-order valence-corrected chi connectivity index (χ2v) is 21.3. The summed E-state index contributed by atoms with van der Waals surface area (Å²) in [6.07, 6.45) is 1.66. The molecule has 0 aliphatic carbocycles. The van der Waals surface area contributed by atoms with E-state index >= 15 is 8.78 Å². The minimum absolute atomic E-state index is 0.0127. The number of aromatic nitrogens is 1. The average molecular weight is 1010 g/mol. The van der Waals surface area contributed by atoms with Gasteiger partial charge in [-0.2, -0.15) is 0 Å². The van der Waals surface area contributed by atoms with Crippen LogP contribution < -0.4 is 37.6 Å². The standard InChI is InChI=1S/C53H67F2N9O7S/c1-29(31-14-16-33(17-15-31)47-30(2)59-28-72-47)60-49(68)41-25-36(65)27-63(41)52(71)48(53(3,4)5)62-44(67)13-8-6-7-12-37-38(54)20-22-40(45(37)55)58-26-35(19-23-43(57)66)61-50(69)42-24-34-11-9-10-32-18-21-39(56)51(70)64(42)46(32)34/h9-11,14-17,20,22,28-29,35-36,39,41-42,48,58,65H,6-8,12-13,18-19,21,23-27,56H2,1-5H3,(H2,57,66)(H,60,68)(H,61,69)(H,62,67)/t29-,35-,36+,39-,41?,42-,48+/m0/s1. The molecule has 4 aromatic rings. The lowest BCUT2D eigenvalue weighted by Crippen LogP contribution is -2.57. The van der Waals surface area contributed by atoms with Gasteiger partial charge in [0.1, 0.15) is 23.9 Å². The minimum atomic E-state index is -1.02. The fourth-order valence-corrected chi connectivity index (χ4v) is 10.7. The van der Waals surface area contributed by atoms with Gasteiger partial charge < -0.3 is 42.7 Å². The van der Waals surface area contributed by atoms with Gasteiger partial charge in [0.25, 0.3) is 0 Å². The quantitative estimate of drug-likeness (QED) is 0.0567. The van der Waals surface area contributed by atoms with E-state index in [1.807, 2.05) is 56.3 Å². The molecule has 1 saturated heterocycles. The van der Waals surface area contributed by atoms with Crippen LogP contribution in [0.2, 0.25) is 0 Å². The Morgan fingerprint density at radius 3 is 2.35 bits per heavy atom. The summed E-state index contributed by atoms with van der Waals surface area (Å²) in [5.41, 5.74) is 17.9. The molecule has 3 aliphatic heterocycles. The summed E-state index contributed by atoms with van der Waals surface area (Å²) in [6, 6.07) is 11.2. The number of anilines is 2. The normalized spacial score (nSPS) is 19.8. The first-order valence-corrected chi connectivity index (χ1v) is 25.7. The number of primary amides is 1. The van der Waals surface area contributed by atoms with Crippen LogP contribution in [0.15, 0.2) is 60.1 Å². The van der Waals surface area contributed by atoms with Gasteiger partial charge in [-0.15, -0.1) is 11.3 Å². The molecule has 0 radical (unpaired) electrons. The Morgan fingerprint density at radius 1 is 0.931 bits per heavy atom. The first kappa shape index (κ1) is 53.5. The minimum Gasteiger partial charge on any atom is -0.391 e. The number of hydrogen-bond donors (Lipinski definition) is 7. The number of likely N-dealkylation sites (tertiary alicyclic amines) is 1. The topological polar surface area (TPSA) is 242 Å². The number of hydrogen-bond acceptors (Lipinski definition) is 11. The summed E-state index contributed by atoms with van der Waals surface area (Å²) in [5, 5.41) is 22.4. The summed E-state index contributed by atoms with van der Waals surface area (Å²) in [7, 11) is 0. The van der Waals surface area contributed by atoms with Gasteiger partial charge in [0.05, 0.1) is 45.6 Å². The predicted molar refractivity (Wildman–Crippen MR) is 271 cm³/mol. The van der Waals surface area contributed by atoms with Gasteiger partial charge in [-0.25, -0.2) is 13.8 Å². The second kappa shape index (κ2) is 23.1. The van der Waals surface area contributed by atoms with Crippen molar-refractivity contribution in [1.29, 1.82) is 0 Å². The van der Waals surface area contributed by atoms with Crippen LogP contribution in [0.25, 0.3) is 10.4 Å². The molecule has 4 heterocycles. The van der Waals surface area contributed by atoms with Gasteiger partial charge >= 0.3 is 0 Å². The molecule has 1 unspecified atom stereocenters. The molecule has 72 heavy (non-hydrogen) atoms. The SMILES string of the molecule is Cc1ncsc1-c1ccc([C@H](C)NC(=O)C2C[C@@H](O)CN2C(=O)[C@@H](NC(=O)CCCCCc2c(F)ccc(NC[C@H](CCC(N)=O)NC(=O)[C@@H]3Cc4cccc5c4N3C(=O)[C@@H](N)CC5)c2F)C(C)(C)C)cc1. The van der Waals surface area contributed by atoms with Crippen LogP contribution in [0, 0.1) is 24.0 Å². The zero-order chi connectivity index (χ0) is 52.0. The van der Waals surface area contributed by atoms with Crippen LogP contribution >= 0.6 is 11.3 Å². The van der Waals surface area contributed by atoms with E-state index in [-0.39, 0.29) is 68.8 Å². The van der Waals surface area contributed by atoms with Crippen molar-refractivity contribution < 1.29 is 42.7 Å². The summed E-state index contributed by atoms with van der Waals surface area (Å²) >= 11 is 1.55. The lowest BCUT2D eigenvalue weighted by Gasteiger charge is -2.35. The highest BCUT2D eigenvalue weighted by Gasteiger charge is 2.45. The first-order valence-electron chi connectivity index (χ1n) is 24.8. The van der Waals surface area contributed by atoms with Gasteiger partial charge in [-0.05, 0) is 92.2 Å². The number of benzene rings is 3. The molecule has 3 aliphatic rings. The number of carbonyl (C=O) groups excluding carboxylic acids is 6. The third-order valence-electron chi connectivity index (χ3n) is 14.0. The molecule has 7 rings (SSSR count). The highest BCUT2D eigenvalue weighted by molar-refractivity contribution is 7.13. The van der Waals surface area contributed by atoms with Crippen molar-refractivity contribution in [3.63, 3.8) is 0 Å². The van der Waals surface area contributed by atoms with Gasteiger partial charge in [-0.3, -0.25) is 33.7 Å². The summed E-state index contributed by atoms with van der Waals surface area (Å²) < 4.78 is 31.1.